The molecule has 0 spiro atoms. The Morgan fingerprint density at radius 1 is 1.15 bits per heavy atom. The molecule has 0 atom stereocenters. The molecule has 0 saturated carbocycles. The highest BCUT2D eigenvalue weighted by atomic mass is 32.2. The zero-order valence-corrected chi connectivity index (χ0v) is 16.1. The average molecular weight is 370 g/mol. The van der Waals surface area contributed by atoms with Crippen LogP contribution in [0.15, 0.2) is 58.7 Å². The predicted octanol–water partition coefficient (Wildman–Crippen LogP) is 5.15. The van der Waals surface area contributed by atoms with Crippen molar-refractivity contribution in [1.82, 2.24) is 9.55 Å². The fourth-order valence-electron chi connectivity index (χ4n) is 3.18. The molecule has 0 amide bonds. The van der Waals surface area contributed by atoms with Crippen LogP contribution in [0, 0.1) is 12.7 Å². The summed E-state index contributed by atoms with van der Waals surface area (Å²) in [4.78, 5) is 4.66. The molecule has 3 aromatic rings. The van der Waals surface area contributed by atoms with Crippen molar-refractivity contribution in [2.24, 2.45) is 0 Å². The standard InChI is InChI=1S/C21H23FN2OS/c1-14(2)20-17(13-25)15(3)24(12-16-8-10-23-11-9-16)21(20)26-19-7-5-4-6-18(19)22/h4-11,14,25H,12-13H2,1-3H3. The smallest absolute Gasteiger partial charge is 0.137 e. The van der Waals surface area contributed by atoms with Gasteiger partial charge in [-0.25, -0.2) is 4.39 Å². The number of aliphatic hydroxyl groups excluding tert-OH is 1. The van der Waals surface area contributed by atoms with Gasteiger partial charge in [0.25, 0.3) is 0 Å². The van der Waals surface area contributed by atoms with Crippen molar-refractivity contribution >= 4 is 11.8 Å². The minimum atomic E-state index is -0.230. The van der Waals surface area contributed by atoms with Crippen LogP contribution in [0.25, 0.3) is 0 Å². The molecule has 3 nitrogen and oxygen atoms in total. The summed E-state index contributed by atoms with van der Waals surface area (Å²) in [6, 6.07) is 10.8. The molecular formula is C21H23FN2OS. The lowest BCUT2D eigenvalue weighted by molar-refractivity contribution is 0.279. The normalized spacial score (nSPS) is 11.3. The van der Waals surface area contributed by atoms with Crippen molar-refractivity contribution in [3.63, 3.8) is 0 Å². The van der Waals surface area contributed by atoms with Crippen LogP contribution < -0.4 is 0 Å². The molecule has 26 heavy (non-hydrogen) atoms. The van der Waals surface area contributed by atoms with Gasteiger partial charge >= 0.3 is 0 Å². The number of rotatable bonds is 6. The van der Waals surface area contributed by atoms with Gasteiger partial charge in [0.1, 0.15) is 5.82 Å². The van der Waals surface area contributed by atoms with E-state index < -0.39 is 0 Å². The van der Waals surface area contributed by atoms with Crippen LogP contribution in [0.2, 0.25) is 0 Å². The second-order valence-corrected chi connectivity index (χ2v) is 7.60. The number of hydrogen-bond donors (Lipinski definition) is 1. The SMILES string of the molecule is Cc1c(CO)c(C(C)C)c(Sc2ccccc2F)n1Cc1ccncc1. The Morgan fingerprint density at radius 2 is 1.85 bits per heavy atom. The molecule has 0 aliphatic rings. The lowest BCUT2D eigenvalue weighted by Gasteiger charge is -2.14. The van der Waals surface area contributed by atoms with Crippen LogP contribution >= 0.6 is 11.8 Å². The first kappa shape index (κ1) is 18.7. The van der Waals surface area contributed by atoms with E-state index in [1.54, 1.807) is 24.5 Å². The van der Waals surface area contributed by atoms with Gasteiger partial charge in [0, 0.05) is 35.1 Å². The Bertz CT molecular complexity index is 891. The van der Waals surface area contributed by atoms with Gasteiger partial charge in [-0.05, 0) is 48.2 Å². The monoisotopic (exact) mass is 370 g/mol. The van der Waals surface area contributed by atoms with Crippen LogP contribution in [0.4, 0.5) is 4.39 Å². The van der Waals surface area contributed by atoms with E-state index in [0.717, 1.165) is 27.4 Å². The maximum absolute atomic E-state index is 14.3. The van der Waals surface area contributed by atoms with E-state index in [2.05, 4.69) is 23.4 Å². The highest BCUT2D eigenvalue weighted by Crippen LogP contribution is 2.40. The largest absolute Gasteiger partial charge is 0.392 e. The molecule has 136 valence electrons. The Hall–Kier alpha value is -2.11. The molecule has 3 rings (SSSR count). The van der Waals surface area contributed by atoms with Gasteiger partial charge in [-0.3, -0.25) is 4.98 Å². The summed E-state index contributed by atoms with van der Waals surface area (Å²) >= 11 is 1.43. The van der Waals surface area contributed by atoms with E-state index in [1.807, 2.05) is 25.1 Å². The highest BCUT2D eigenvalue weighted by Gasteiger charge is 2.23. The molecule has 5 heteroatoms. The summed E-state index contributed by atoms with van der Waals surface area (Å²) in [5.74, 6) is -0.00381. The van der Waals surface area contributed by atoms with Crippen LogP contribution in [0.5, 0.6) is 0 Å². The third-order valence-electron chi connectivity index (χ3n) is 4.51. The van der Waals surface area contributed by atoms with Crippen molar-refractivity contribution in [1.29, 1.82) is 0 Å². The van der Waals surface area contributed by atoms with E-state index in [0.29, 0.717) is 11.4 Å². The van der Waals surface area contributed by atoms with E-state index in [9.17, 15) is 9.50 Å². The van der Waals surface area contributed by atoms with Gasteiger partial charge in [-0.15, -0.1) is 0 Å². The van der Waals surface area contributed by atoms with Gasteiger partial charge in [-0.2, -0.15) is 0 Å². The van der Waals surface area contributed by atoms with Crippen LogP contribution in [-0.2, 0) is 13.2 Å². The topological polar surface area (TPSA) is 38.0 Å². The number of pyridine rings is 1. The second kappa shape index (κ2) is 8.06. The second-order valence-electron chi connectivity index (χ2n) is 6.57. The van der Waals surface area contributed by atoms with Crippen LogP contribution in [-0.4, -0.2) is 14.7 Å². The van der Waals surface area contributed by atoms with Gasteiger partial charge in [0.2, 0.25) is 0 Å². The molecule has 2 aromatic heterocycles. The fourth-order valence-corrected chi connectivity index (χ4v) is 4.48. The van der Waals surface area contributed by atoms with E-state index in [4.69, 9.17) is 0 Å². The molecule has 0 fully saturated rings. The number of halogens is 1. The minimum Gasteiger partial charge on any atom is -0.392 e. The van der Waals surface area contributed by atoms with Gasteiger partial charge < -0.3 is 9.67 Å². The third kappa shape index (κ3) is 3.69. The predicted molar refractivity (Wildman–Crippen MR) is 103 cm³/mol. The molecule has 0 bridgehead atoms. The van der Waals surface area contributed by atoms with Crippen molar-refractivity contribution in [2.45, 2.75) is 49.8 Å². The number of aromatic nitrogens is 2. The maximum Gasteiger partial charge on any atom is 0.137 e. The molecule has 2 heterocycles. The van der Waals surface area contributed by atoms with Gasteiger partial charge in [-0.1, -0.05) is 37.7 Å². The average Bonchev–Trinajstić information content (AvgIpc) is 2.89. The van der Waals surface area contributed by atoms with E-state index in [1.165, 1.54) is 17.8 Å². The highest BCUT2D eigenvalue weighted by molar-refractivity contribution is 7.99. The van der Waals surface area contributed by atoms with Crippen LogP contribution in [0.3, 0.4) is 0 Å². The molecule has 0 aliphatic heterocycles. The van der Waals surface area contributed by atoms with Crippen molar-refractivity contribution in [3.8, 4) is 0 Å². The van der Waals surface area contributed by atoms with Crippen molar-refractivity contribution in [2.75, 3.05) is 0 Å². The number of nitrogens with zero attached hydrogens (tertiary/aromatic N) is 2. The summed E-state index contributed by atoms with van der Waals surface area (Å²) in [5, 5.41) is 11.0. The maximum atomic E-state index is 14.3. The molecule has 0 radical (unpaired) electrons. The molecule has 0 unspecified atom stereocenters. The summed E-state index contributed by atoms with van der Waals surface area (Å²) in [6.45, 7) is 6.87. The third-order valence-corrected chi connectivity index (χ3v) is 5.70. The first-order valence-corrected chi connectivity index (χ1v) is 9.48. The summed E-state index contributed by atoms with van der Waals surface area (Å²) in [7, 11) is 0. The number of benzene rings is 1. The zero-order valence-electron chi connectivity index (χ0n) is 15.2. The Balaban J connectivity index is 2.14. The lowest BCUT2D eigenvalue weighted by Crippen LogP contribution is -2.04. The van der Waals surface area contributed by atoms with E-state index in [-0.39, 0.29) is 18.3 Å². The summed E-state index contributed by atoms with van der Waals surface area (Å²) in [5.41, 5.74) is 4.17. The summed E-state index contributed by atoms with van der Waals surface area (Å²) in [6.07, 6.45) is 3.54. The Labute approximate surface area is 157 Å². The Kier molecular flexibility index (Phi) is 5.79. The van der Waals surface area contributed by atoms with Crippen LogP contribution in [0.1, 0.15) is 42.1 Å². The van der Waals surface area contributed by atoms with E-state index >= 15 is 0 Å². The quantitative estimate of drug-likeness (QED) is 0.652. The zero-order chi connectivity index (χ0) is 18.7. The molecule has 1 aromatic carbocycles. The van der Waals surface area contributed by atoms with Crippen molar-refractivity contribution < 1.29 is 9.50 Å². The molecule has 0 aliphatic carbocycles. The first-order chi connectivity index (χ1) is 12.5. The Morgan fingerprint density at radius 3 is 2.46 bits per heavy atom. The fraction of sp³-hybridized carbons (Fsp3) is 0.286. The summed E-state index contributed by atoms with van der Waals surface area (Å²) < 4.78 is 16.4. The number of aliphatic hydroxyl groups is 1. The first-order valence-electron chi connectivity index (χ1n) is 8.67. The molecule has 1 N–H and O–H groups in total. The van der Waals surface area contributed by atoms with Gasteiger partial charge in [0.15, 0.2) is 0 Å². The number of hydrogen-bond acceptors (Lipinski definition) is 3. The minimum absolute atomic E-state index is 0.0203. The molecular weight excluding hydrogens is 347 g/mol. The molecule has 0 saturated heterocycles. The lowest BCUT2D eigenvalue weighted by atomic mass is 10.0. The van der Waals surface area contributed by atoms with Crippen molar-refractivity contribution in [3.05, 3.63) is 77.0 Å². The van der Waals surface area contributed by atoms with Gasteiger partial charge in [0.05, 0.1) is 11.6 Å².